The molecule has 4 nitrogen and oxygen atoms in total. The average Bonchev–Trinajstić information content (AvgIpc) is 2.55. The number of nitrogens with one attached hydrogen (secondary N) is 2. The Morgan fingerprint density at radius 1 is 1.15 bits per heavy atom. The van der Waals surface area contributed by atoms with E-state index in [0.29, 0.717) is 0 Å². The van der Waals surface area contributed by atoms with Crippen LogP contribution >= 0.6 is 0 Å². The molecule has 0 fully saturated rings. The molecule has 2 heterocycles. The number of hydrogen-bond acceptors (Lipinski definition) is 4. The SMILES string of the molecule is c1ccc(-c2cccc(CNC3=NCCCN3)c2)nc1. The molecule has 3 rings (SSSR count). The highest BCUT2D eigenvalue weighted by Crippen LogP contribution is 2.17. The summed E-state index contributed by atoms with van der Waals surface area (Å²) in [5.74, 6) is 0.902. The summed E-state index contributed by atoms with van der Waals surface area (Å²) in [4.78, 5) is 8.79. The molecular formula is C16H18N4. The number of benzene rings is 1. The van der Waals surface area contributed by atoms with Crippen molar-refractivity contribution in [1.29, 1.82) is 0 Å². The predicted molar refractivity (Wildman–Crippen MR) is 81.4 cm³/mol. The summed E-state index contributed by atoms with van der Waals surface area (Å²) < 4.78 is 0. The van der Waals surface area contributed by atoms with Crippen LogP contribution in [0.15, 0.2) is 53.7 Å². The fraction of sp³-hybridized carbons (Fsp3) is 0.250. The van der Waals surface area contributed by atoms with Crippen molar-refractivity contribution >= 4 is 5.96 Å². The van der Waals surface area contributed by atoms with Gasteiger partial charge in [-0.15, -0.1) is 0 Å². The first-order valence-electron chi connectivity index (χ1n) is 6.94. The van der Waals surface area contributed by atoms with Crippen LogP contribution in [0, 0.1) is 0 Å². The second-order valence-corrected chi connectivity index (χ2v) is 4.78. The lowest BCUT2D eigenvalue weighted by Crippen LogP contribution is -2.40. The summed E-state index contributed by atoms with van der Waals surface area (Å²) >= 11 is 0. The largest absolute Gasteiger partial charge is 0.356 e. The molecule has 4 heteroatoms. The molecule has 1 aromatic heterocycles. The van der Waals surface area contributed by atoms with Gasteiger partial charge in [0, 0.05) is 31.4 Å². The number of pyridine rings is 1. The summed E-state index contributed by atoms with van der Waals surface area (Å²) in [5.41, 5.74) is 3.37. The lowest BCUT2D eigenvalue weighted by Gasteiger charge is -2.16. The molecule has 2 aromatic rings. The van der Waals surface area contributed by atoms with E-state index < -0.39 is 0 Å². The van der Waals surface area contributed by atoms with Gasteiger partial charge in [0.1, 0.15) is 0 Å². The van der Waals surface area contributed by atoms with Crippen molar-refractivity contribution in [2.45, 2.75) is 13.0 Å². The van der Waals surface area contributed by atoms with E-state index in [9.17, 15) is 0 Å². The molecule has 0 atom stereocenters. The van der Waals surface area contributed by atoms with Crippen LogP contribution < -0.4 is 10.6 Å². The Morgan fingerprint density at radius 3 is 2.95 bits per heavy atom. The first-order chi connectivity index (χ1) is 9.92. The van der Waals surface area contributed by atoms with E-state index >= 15 is 0 Å². The van der Waals surface area contributed by atoms with E-state index in [-0.39, 0.29) is 0 Å². The molecule has 0 unspecified atom stereocenters. The van der Waals surface area contributed by atoms with Crippen LogP contribution in [0.2, 0.25) is 0 Å². The molecule has 20 heavy (non-hydrogen) atoms. The average molecular weight is 266 g/mol. The highest BCUT2D eigenvalue weighted by Gasteiger charge is 2.04. The van der Waals surface area contributed by atoms with Crippen LogP contribution in [0.1, 0.15) is 12.0 Å². The number of nitrogens with zero attached hydrogens (tertiary/aromatic N) is 2. The number of aromatic nitrogens is 1. The van der Waals surface area contributed by atoms with Crippen molar-refractivity contribution in [3.63, 3.8) is 0 Å². The van der Waals surface area contributed by atoms with Gasteiger partial charge < -0.3 is 10.6 Å². The lowest BCUT2D eigenvalue weighted by atomic mass is 10.1. The second kappa shape index (κ2) is 6.19. The summed E-state index contributed by atoms with van der Waals surface area (Å²) in [5, 5.41) is 6.60. The number of aliphatic imine (C=N–C) groups is 1. The predicted octanol–water partition coefficient (Wildman–Crippen LogP) is 2.19. The Bertz CT molecular complexity index is 592. The normalized spacial score (nSPS) is 14.3. The van der Waals surface area contributed by atoms with Crippen molar-refractivity contribution in [2.75, 3.05) is 13.1 Å². The van der Waals surface area contributed by atoms with Crippen molar-refractivity contribution in [2.24, 2.45) is 4.99 Å². The standard InChI is InChI=1S/C16H18N4/c1-2-8-17-15(7-1)14-6-3-5-13(11-14)12-20-16-18-9-4-10-19-16/h1-3,5-8,11H,4,9-10,12H2,(H2,18,19,20). The van der Waals surface area contributed by atoms with Crippen LogP contribution in [0.4, 0.5) is 0 Å². The van der Waals surface area contributed by atoms with Gasteiger partial charge in [-0.05, 0) is 30.2 Å². The fourth-order valence-corrected chi connectivity index (χ4v) is 2.21. The zero-order chi connectivity index (χ0) is 13.6. The fourth-order valence-electron chi connectivity index (χ4n) is 2.21. The molecular weight excluding hydrogens is 248 g/mol. The molecule has 2 N–H and O–H groups in total. The molecule has 1 aromatic carbocycles. The molecule has 1 aliphatic rings. The Kier molecular flexibility index (Phi) is 3.92. The molecule has 1 aliphatic heterocycles. The molecule has 0 saturated heterocycles. The first kappa shape index (κ1) is 12.7. The third-order valence-corrected chi connectivity index (χ3v) is 3.24. The molecule has 0 amide bonds. The summed E-state index contributed by atoms with van der Waals surface area (Å²) in [6.07, 6.45) is 2.93. The zero-order valence-electron chi connectivity index (χ0n) is 11.3. The van der Waals surface area contributed by atoms with Crippen molar-refractivity contribution in [3.05, 3.63) is 54.2 Å². The Morgan fingerprint density at radius 2 is 2.15 bits per heavy atom. The van der Waals surface area contributed by atoms with Gasteiger partial charge in [-0.3, -0.25) is 9.98 Å². The van der Waals surface area contributed by atoms with Gasteiger partial charge in [0.2, 0.25) is 0 Å². The van der Waals surface area contributed by atoms with Gasteiger partial charge in [0.25, 0.3) is 0 Å². The number of rotatable bonds is 3. The van der Waals surface area contributed by atoms with Crippen LogP contribution in [0.25, 0.3) is 11.3 Å². The monoisotopic (exact) mass is 266 g/mol. The van der Waals surface area contributed by atoms with E-state index in [1.807, 2.05) is 24.4 Å². The van der Waals surface area contributed by atoms with Gasteiger partial charge >= 0.3 is 0 Å². The number of hydrogen-bond donors (Lipinski definition) is 2. The van der Waals surface area contributed by atoms with E-state index in [2.05, 4.69) is 44.9 Å². The van der Waals surface area contributed by atoms with Gasteiger partial charge in [-0.2, -0.15) is 0 Å². The maximum absolute atomic E-state index is 4.41. The van der Waals surface area contributed by atoms with Crippen molar-refractivity contribution < 1.29 is 0 Å². The van der Waals surface area contributed by atoms with Gasteiger partial charge in [-0.25, -0.2) is 0 Å². The molecule has 0 aliphatic carbocycles. The minimum atomic E-state index is 0.770. The van der Waals surface area contributed by atoms with Crippen LogP contribution in [0.3, 0.4) is 0 Å². The van der Waals surface area contributed by atoms with Crippen LogP contribution in [0.5, 0.6) is 0 Å². The topological polar surface area (TPSA) is 49.3 Å². The Labute approximate surface area is 119 Å². The van der Waals surface area contributed by atoms with Crippen molar-refractivity contribution in [1.82, 2.24) is 15.6 Å². The van der Waals surface area contributed by atoms with Crippen LogP contribution in [-0.4, -0.2) is 24.0 Å². The smallest absolute Gasteiger partial charge is 0.191 e. The lowest BCUT2D eigenvalue weighted by molar-refractivity contribution is 0.702. The summed E-state index contributed by atoms with van der Waals surface area (Å²) in [6, 6.07) is 14.4. The molecule has 0 saturated carbocycles. The second-order valence-electron chi connectivity index (χ2n) is 4.78. The highest BCUT2D eigenvalue weighted by atomic mass is 15.2. The van der Waals surface area contributed by atoms with Gasteiger partial charge in [0.05, 0.1) is 5.69 Å². The van der Waals surface area contributed by atoms with E-state index in [1.165, 1.54) is 5.56 Å². The van der Waals surface area contributed by atoms with E-state index in [0.717, 1.165) is 43.3 Å². The Hall–Kier alpha value is -2.36. The first-order valence-corrected chi connectivity index (χ1v) is 6.94. The van der Waals surface area contributed by atoms with Crippen LogP contribution in [-0.2, 0) is 6.54 Å². The Balaban J connectivity index is 1.70. The molecule has 0 spiro atoms. The molecule has 0 radical (unpaired) electrons. The number of guanidine groups is 1. The summed E-state index contributed by atoms with van der Waals surface area (Å²) in [7, 11) is 0. The third kappa shape index (κ3) is 3.15. The van der Waals surface area contributed by atoms with Gasteiger partial charge in [-0.1, -0.05) is 24.3 Å². The minimum Gasteiger partial charge on any atom is -0.356 e. The maximum atomic E-state index is 4.41. The third-order valence-electron chi connectivity index (χ3n) is 3.24. The molecule has 102 valence electrons. The molecule has 0 bridgehead atoms. The maximum Gasteiger partial charge on any atom is 0.191 e. The quantitative estimate of drug-likeness (QED) is 0.895. The van der Waals surface area contributed by atoms with Gasteiger partial charge in [0.15, 0.2) is 5.96 Å². The summed E-state index contributed by atoms with van der Waals surface area (Å²) in [6.45, 7) is 2.68. The minimum absolute atomic E-state index is 0.770. The highest BCUT2D eigenvalue weighted by molar-refractivity contribution is 5.80. The van der Waals surface area contributed by atoms with Crippen molar-refractivity contribution in [3.8, 4) is 11.3 Å². The zero-order valence-corrected chi connectivity index (χ0v) is 11.3. The van der Waals surface area contributed by atoms with E-state index in [4.69, 9.17) is 0 Å². The van der Waals surface area contributed by atoms with E-state index in [1.54, 1.807) is 0 Å².